The summed E-state index contributed by atoms with van der Waals surface area (Å²) in [5.41, 5.74) is 1.01. The largest absolute Gasteiger partial charge is 0.278 e. The second-order valence-corrected chi connectivity index (χ2v) is 7.96. The van der Waals surface area contributed by atoms with Gasteiger partial charge in [0.15, 0.2) is 0 Å². The Morgan fingerprint density at radius 3 is 2.05 bits per heavy atom. The molecular formula is C18H16BrNO2. The van der Waals surface area contributed by atoms with Crippen LogP contribution in [0.25, 0.3) is 0 Å². The maximum absolute atomic E-state index is 12.8. The molecule has 0 spiro atoms. The molecule has 4 heteroatoms. The number of likely N-dealkylation sites (tertiary alicyclic amines) is 1. The van der Waals surface area contributed by atoms with Crippen LogP contribution in [0.3, 0.4) is 0 Å². The minimum Gasteiger partial charge on any atom is -0.278 e. The summed E-state index contributed by atoms with van der Waals surface area (Å²) in [4.78, 5) is 27.2. The van der Waals surface area contributed by atoms with Gasteiger partial charge in [-0.2, -0.15) is 0 Å². The first-order valence-electron chi connectivity index (χ1n) is 7.93. The van der Waals surface area contributed by atoms with E-state index in [4.69, 9.17) is 0 Å². The van der Waals surface area contributed by atoms with Gasteiger partial charge < -0.3 is 0 Å². The highest BCUT2D eigenvalue weighted by atomic mass is 79.9. The third-order valence-electron chi connectivity index (χ3n) is 6.01. The van der Waals surface area contributed by atoms with Crippen LogP contribution in [0.2, 0.25) is 0 Å². The topological polar surface area (TPSA) is 37.4 Å². The molecule has 112 valence electrons. The molecule has 2 amide bonds. The maximum Gasteiger partial charge on any atom is 0.234 e. The molecule has 2 saturated carbocycles. The van der Waals surface area contributed by atoms with Gasteiger partial charge in [0.2, 0.25) is 11.8 Å². The van der Waals surface area contributed by atoms with Crippen molar-refractivity contribution < 1.29 is 9.59 Å². The Kier molecular flexibility index (Phi) is 2.56. The van der Waals surface area contributed by atoms with E-state index in [0.717, 1.165) is 10.0 Å². The summed E-state index contributed by atoms with van der Waals surface area (Å²) in [6, 6.07) is 7.84. The number of benzene rings is 1. The van der Waals surface area contributed by atoms with Gasteiger partial charge >= 0.3 is 0 Å². The molecule has 3 nitrogen and oxygen atoms in total. The first-order chi connectivity index (χ1) is 10.6. The van der Waals surface area contributed by atoms with Gasteiger partial charge in [-0.3, -0.25) is 14.5 Å². The van der Waals surface area contributed by atoms with Crippen LogP contribution in [-0.2, 0) is 16.1 Å². The van der Waals surface area contributed by atoms with Crippen LogP contribution < -0.4 is 0 Å². The standard InChI is InChI=1S/C18H16BrNO2/c19-10-3-1-9(2-4-10)8-20-17(21)15-11-5-6-12(14-7-13(11)14)16(15)18(20)22/h1-6,11-16H,7-8H2/t11-,12-,13-,14+,15-,16+/m0/s1. The molecule has 1 aromatic rings. The lowest BCUT2D eigenvalue weighted by Crippen LogP contribution is -2.40. The third kappa shape index (κ3) is 1.62. The number of hydrogen-bond acceptors (Lipinski definition) is 2. The molecule has 0 N–H and O–H groups in total. The van der Waals surface area contributed by atoms with Gasteiger partial charge in [-0.25, -0.2) is 0 Å². The average molecular weight is 358 g/mol. The van der Waals surface area contributed by atoms with Crippen molar-refractivity contribution >= 4 is 27.7 Å². The number of carbonyl (C=O) groups excluding carboxylic acids is 2. The molecule has 6 atom stereocenters. The zero-order chi connectivity index (χ0) is 15.0. The second-order valence-electron chi connectivity index (χ2n) is 7.04. The number of imide groups is 1. The Bertz CT molecular complexity index is 674. The molecule has 1 heterocycles. The number of amides is 2. The molecule has 5 aliphatic rings. The van der Waals surface area contributed by atoms with Crippen LogP contribution in [0.15, 0.2) is 40.9 Å². The van der Waals surface area contributed by atoms with Crippen LogP contribution in [-0.4, -0.2) is 16.7 Å². The summed E-state index contributed by atoms with van der Waals surface area (Å²) in [5.74, 6) is 1.91. The van der Waals surface area contributed by atoms with Crippen LogP contribution in [0.4, 0.5) is 0 Å². The number of halogens is 1. The predicted octanol–water partition coefficient (Wildman–Crippen LogP) is 3.00. The van der Waals surface area contributed by atoms with Crippen molar-refractivity contribution in [3.8, 4) is 0 Å². The fraction of sp³-hybridized carbons (Fsp3) is 0.444. The number of hydrogen-bond donors (Lipinski definition) is 0. The van der Waals surface area contributed by atoms with Crippen LogP contribution in [0, 0.1) is 35.5 Å². The van der Waals surface area contributed by atoms with E-state index in [-0.39, 0.29) is 23.7 Å². The zero-order valence-corrected chi connectivity index (χ0v) is 13.6. The minimum atomic E-state index is -0.0818. The first-order valence-corrected chi connectivity index (χ1v) is 8.72. The van der Waals surface area contributed by atoms with E-state index in [0.29, 0.717) is 30.2 Å². The van der Waals surface area contributed by atoms with Crippen molar-refractivity contribution in [1.29, 1.82) is 0 Å². The lowest BCUT2D eigenvalue weighted by atomic mass is 9.63. The van der Waals surface area contributed by atoms with Gasteiger partial charge in [0.25, 0.3) is 0 Å². The van der Waals surface area contributed by atoms with Crippen LogP contribution in [0.1, 0.15) is 12.0 Å². The van der Waals surface area contributed by atoms with E-state index < -0.39 is 0 Å². The monoisotopic (exact) mass is 357 g/mol. The number of allylic oxidation sites excluding steroid dienone is 2. The van der Waals surface area contributed by atoms with Gasteiger partial charge in [-0.05, 0) is 47.8 Å². The number of rotatable bonds is 2. The molecule has 0 aromatic heterocycles. The van der Waals surface area contributed by atoms with E-state index >= 15 is 0 Å². The lowest BCUT2D eigenvalue weighted by Gasteiger charge is -2.37. The summed E-state index contributed by atoms with van der Waals surface area (Å²) in [7, 11) is 0. The molecule has 1 aromatic carbocycles. The number of nitrogens with zero attached hydrogens (tertiary/aromatic N) is 1. The van der Waals surface area contributed by atoms with Crippen molar-refractivity contribution in [3.63, 3.8) is 0 Å². The summed E-state index contributed by atoms with van der Waals surface area (Å²) < 4.78 is 1.01. The highest BCUT2D eigenvalue weighted by Gasteiger charge is 2.66. The van der Waals surface area contributed by atoms with E-state index in [9.17, 15) is 9.59 Å². The summed E-state index contributed by atoms with van der Waals surface area (Å²) >= 11 is 3.41. The van der Waals surface area contributed by atoms with Crippen molar-refractivity contribution in [1.82, 2.24) is 4.90 Å². The summed E-state index contributed by atoms with van der Waals surface area (Å²) in [6.45, 7) is 0.409. The summed E-state index contributed by atoms with van der Waals surface area (Å²) in [5, 5.41) is 0. The van der Waals surface area contributed by atoms with Gasteiger partial charge in [0.1, 0.15) is 0 Å². The molecule has 2 bridgehead atoms. The molecule has 0 radical (unpaired) electrons. The van der Waals surface area contributed by atoms with E-state index in [2.05, 4.69) is 28.1 Å². The predicted molar refractivity (Wildman–Crippen MR) is 84.4 cm³/mol. The minimum absolute atomic E-state index is 0.0580. The van der Waals surface area contributed by atoms with Crippen LogP contribution in [0.5, 0.6) is 0 Å². The Morgan fingerprint density at radius 1 is 0.955 bits per heavy atom. The SMILES string of the molecule is O=C1[C@@H]2[C@H]3C=C[C@@H]([C@@H]4C[C@H]34)[C@@H]2C(=O)N1Cc1ccc(Br)cc1. The third-order valence-corrected chi connectivity index (χ3v) is 6.54. The highest BCUT2D eigenvalue weighted by Crippen LogP contribution is 2.65. The maximum atomic E-state index is 12.8. The van der Waals surface area contributed by atoms with E-state index in [1.165, 1.54) is 11.3 Å². The van der Waals surface area contributed by atoms with Crippen molar-refractivity contribution in [2.24, 2.45) is 35.5 Å². The van der Waals surface area contributed by atoms with Crippen molar-refractivity contribution in [2.75, 3.05) is 0 Å². The molecule has 6 rings (SSSR count). The quantitative estimate of drug-likeness (QED) is 0.602. The molecule has 3 fully saturated rings. The fourth-order valence-electron chi connectivity index (χ4n) is 4.95. The normalized spacial score (nSPS) is 40.9. The van der Waals surface area contributed by atoms with Gasteiger partial charge in [0, 0.05) is 4.47 Å². The molecule has 1 saturated heterocycles. The zero-order valence-electron chi connectivity index (χ0n) is 12.0. The second kappa shape index (κ2) is 4.31. The van der Waals surface area contributed by atoms with Crippen molar-refractivity contribution in [2.45, 2.75) is 13.0 Å². The molecule has 0 unspecified atom stereocenters. The Morgan fingerprint density at radius 2 is 1.50 bits per heavy atom. The smallest absolute Gasteiger partial charge is 0.234 e. The van der Waals surface area contributed by atoms with Crippen molar-refractivity contribution in [3.05, 3.63) is 46.5 Å². The van der Waals surface area contributed by atoms with Crippen LogP contribution >= 0.6 is 15.9 Å². The highest BCUT2D eigenvalue weighted by molar-refractivity contribution is 9.10. The molecule has 22 heavy (non-hydrogen) atoms. The Hall–Kier alpha value is -1.42. The Labute approximate surface area is 137 Å². The fourth-order valence-corrected chi connectivity index (χ4v) is 5.21. The number of carbonyl (C=O) groups is 2. The average Bonchev–Trinajstić information content (AvgIpc) is 3.30. The first kappa shape index (κ1) is 13.1. The van der Waals surface area contributed by atoms with Gasteiger partial charge in [-0.1, -0.05) is 40.2 Å². The van der Waals surface area contributed by atoms with E-state index in [1.807, 2.05) is 24.3 Å². The lowest BCUT2D eigenvalue weighted by molar-refractivity contribution is -0.140. The van der Waals surface area contributed by atoms with E-state index in [1.54, 1.807) is 0 Å². The molecular weight excluding hydrogens is 342 g/mol. The molecule has 4 aliphatic carbocycles. The summed E-state index contributed by atoms with van der Waals surface area (Å²) in [6.07, 6.45) is 5.64. The molecule has 1 aliphatic heterocycles. The Balaban J connectivity index is 1.46. The van der Waals surface area contributed by atoms with Gasteiger partial charge in [0.05, 0.1) is 18.4 Å². The van der Waals surface area contributed by atoms with Gasteiger partial charge in [-0.15, -0.1) is 0 Å².